The first-order chi connectivity index (χ1) is 11.1. The summed E-state index contributed by atoms with van der Waals surface area (Å²) in [5, 5.41) is 0.676. The van der Waals surface area contributed by atoms with Gasteiger partial charge in [0.1, 0.15) is 0 Å². The molecule has 116 valence electrons. The summed E-state index contributed by atoms with van der Waals surface area (Å²) in [4.78, 5) is 14.2. The molecule has 4 heteroatoms. The summed E-state index contributed by atoms with van der Waals surface area (Å²) in [6.45, 7) is 0.484. The second-order valence-electron chi connectivity index (χ2n) is 5.39. The molecule has 3 nitrogen and oxygen atoms in total. The lowest BCUT2D eigenvalue weighted by atomic mass is 10.1. The van der Waals surface area contributed by atoms with Crippen LogP contribution in [0.4, 0.5) is 0 Å². The van der Waals surface area contributed by atoms with Gasteiger partial charge in [0.2, 0.25) is 0 Å². The molecule has 0 spiro atoms. The molecule has 0 radical (unpaired) electrons. The van der Waals surface area contributed by atoms with Crippen LogP contribution in [0, 0.1) is 0 Å². The average Bonchev–Trinajstić information content (AvgIpc) is 3.11. The largest absolute Gasteiger partial charge is 0.337 e. The topological polar surface area (TPSA) is 25.2 Å². The summed E-state index contributed by atoms with van der Waals surface area (Å²) in [6.07, 6.45) is 3.95. The Bertz CT molecular complexity index is 795. The predicted molar refractivity (Wildman–Crippen MR) is 93.0 cm³/mol. The minimum absolute atomic E-state index is 0.0241. The van der Waals surface area contributed by atoms with Gasteiger partial charge in [0.25, 0.3) is 5.91 Å². The van der Waals surface area contributed by atoms with Crippen molar-refractivity contribution >= 4 is 17.5 Å². The molecule has 0 aliphatic rings. The highest BCUT2D eigenvalue weighted by Gasteiger charge is 2.13. The lowest BCUT2D eigenvalue weighted by Crippen LogP contribution is -2.26. The molecule has 0 bridgehead atoms. The van der Waals surface area contributed by atoms with Crippen molar-refractivity contribution in [2.45, 2.75) is 6.54 Å². The molecule has 3 aromatic rings. The lowest BCUT2D eigenvalue weighted by Gasteiger charge is -2.18. The minimum Gasteiger partial charge on any atom is -0.337 e. The SMILES string of the molecule is CN(Cc1ccccc1Cl)C(=O)c1ccc(-n2cccc2)cc1. The van der Waals surface area contributed by atoms with Crippen LogP contribution in [0.25, 0.3) is 5.69 Å². The maximum absolute atomic E-state index is 12.5. The fourth-order valence-electron chi connectivity index (χ4n) is 2.46. The molecule has 0 saturated heterocycles. The number of hydrogen-bond donors (Lipinski definition) is 0. The fourth-order valence-corrected chi connectivity index (χ4v) is 2.65. The van der Waals surface area contributed by atoms with Crippen molar-refractivity contribution < 1.29 is 4.79 Å². The average molecular weight is 325 g/mol. The molecule has 0 saturated carbocycles. The molecule has 2 aromatic carbocycles. The van der Waals surface area contributed by atoms with E-state index in [2.05, 4.69) is 0 Å². The molecule has 0 aliphatic carbocycles. The summed E-state index contributed by atoms with van der Waals surface area (Å²) < 4.78 is 2.00. The first kappa shape index (κ1) is 15.4. The Morgan fingerprint density at radius 1 is 1.00 bits per heavy atom. The van der Waals surface area contributed by atoms with Crippen molar-refractivity contribution in [3.05, 3.63) is 89.2 Å². The van der Waals surface area contributed by atoms with Gasteiger partial charge >= 0.3 is 0 Å². The monoisotopic (exact) mass is 324 g/mol. The highest BCUT2D eigenvalue weighted by molar-refractivity contribution is 6.31. The van der Waals surface area contributed by atoms with Crippen molar-refractivity contribution in [1.82, 2.24) is 9.47 Å². The number of benzene rings is 2. The zero-order valence-electron chi connectivity index (χ0n) is 12.8. The van der Waals surface area contributed by atoms with Gasteiger partial charge in [0.05, 0.1) is 0 Å². The number of rotatable bonds is 4. The fraction of sp³-hybridized carbons (Fsp3) is 0.105. The van der Waals surface area contributed by atoms with Crippen molar-refractivity contribution in [1.29, 1.82) is 0 Å². The molecule has 0 N–H and O–H groups in total. The normalized spacial score (nSPS) is 10.5. The van der Waals surface area contributed by atoms with Gasteiger partial charge in [-0.2, -0.15) is 0 Å². The Kier molecular flexibility index (Phi) is 4.49. The van der Waals surface area contributed by atoms with E-state index in [4.69, 9.17) is 11.6 Å². The lowest BCUT2D eigenvalue weighted by molar-refractivity contribution is 0.0785. The van der Waals surface area contributed by atoms with Crippen molar-refractivity contribution in [3.63, 3.8) is 0 Å². The summed E-state index contributed by atoms with van der Waals surface area (Å²) >= 11 is 6.16. The number of aromatic nitrogens is 1. The number of nitrogens with zero attached hydrogens (tertiary/aromatic N) is 2. The van der Waals surface area contributed by atoms with E-state index in [0.29, 0.717) is 17.1 Å². The zero-order valence-corrected chi connectivity index (χ0v) is 13.6. The third-order valence-corrected chi connectivity index (χ3v) is 4.10. The Hall–Kier alpha value is -2.52. The van der Waals surface area contributed by atoms with Gasteiger partial charge in [-0.1, -0.05) is 29.8 Å². The van der Waals surface area contributed by atoms with E-state index in [1.165, 1.54) is 0 Å². The second kappa shape index (κ2) is 6.71. The Morgan fingerprint density at radius 3 is 2.30 bits per heavy atom. The number of halogens is 1. The summed E-state index contributed by atoms with van der Waals surface area (Å²) in [6, 6.07) is 19.1. The number of carbonyl (C=O) groups is 1. The van der Waals surface area contributed by atoms with Gasteiger partial charge < -0.3 is 9.47 Å². The maximum Gasteiger partial charge on any atom is 0.253 e. The molecule has 1 heterocycles. The van der Waals surface area contributed by atoms with Crippen molar-refractivity contribution in [3.8, 4) is 5.69 Å². The molecule has 23 heavy (non-hydrogen) atoms. The van der Waals surface area contributed by atoms with E-state index in [1.807, 2.05) is 77.6 Å². The Labute approximate surface area is 140 Å². The van der Waals surface area contributed by atoms with Crippen LogP contribution < -0.4 is 0 Å². The first-order valence-electron chi connectivity index (χ1n) is 7.37. The molecule has 3 rings (SSSR count). The highest BCUT2D eigenvalue weighted by atomic mass is 35.5. The van der Waals surface area contributed by atoms with Crippen molar-refractivity contribution in [2.75, 3.05) is 7.05 Å². The van der Waals surface area contributed by atoms with Gasteiger partial charge in [-0.25, -0.2) is 0 Å². The van der Waals surface area contributed by atoms with Crippen LogP contribution in [0.5, 0.6) is 0 Å². The van der Waals surface area contributed by atoms with Crippen molar-refractivity contribution in [2.24, 2.45) is 0 Å². The van der Waals surface area contributed by atoms with E-state index in [1.54, 1.807) is 11.9 Å². The third-order valence-electron chi connectivity index (χ3n) is 3.73. The molecule has 0 fully saturated rings. The third kappa shape index (κ3) is 3.46. The van der Waals surface area contributed by atoms with Crippen LogP contribution in [0.2, 0.25) is 5.02 Å². The van der Waals surface area contributed by atoms with Crippen LogP contribution >= 0.6 is 11.6 Å². The maximum atomic E-state index is 12.5. The molecule has 0 atom stereocenters. The van der Waals surface area contributed by atoms with Gasteiger partial charge in [-0.15, -0.1) is 0 Å². The minimum atomic E-state index is -0.0241. The van der Waals surface area contributed by atoms with Gasteiger partial charge in [0, 0.05) is 42.3 Å². The molecular weight excluding hydrogens is 308 g/mol. The van der Waals surface area contributed by atoms with E-state index in [0.717, 1.165) is 11.3 Å². The summed E-state index contributed by atoms with van der Waals surface area (Å²) in [5.41, 5.74) is 2.63. The number of amides is 1. The highest BCUT2D eigenvalue weighted by Crippen LogP contribution is 2.18. The van der Waals surface area contributed by atoms with Gasteiger partial charge in [0.15, 0.2) is 0 Å². The zero-order chi connectivity index (χ0) is 16.2. The van der Waals surface area contributed by atoms with Gasteiger partial charge in [-0.05, 0) is 48.0 Å². The van der Waals surface area contributed by atoms with Crippen LogP contribution in [0.1, 0.15) is 15.9 Å². The smallest absolute Gasteiger partial charge is 0.253 e. The van der Waals surface area contributed by atoms with E-state index >= 15 is 0 Å². The number of hydrogen-bond acceptors (Lipinski definition) is 1. The summed E-state index contributed by atoms with van der Waals surface area (Å²) in [7, 11) is 1.78. The number of carbonyl (C=O) groups excluding carboxylic acids is 1. The van der Waals surface area contributed by atoms with Crippen LogP contribution in [-0.4, -0.2) is 22.4 Å². The van der Waals surface area contributed by atoms with Crippen LogP contribution in [-0.2, 0) is 6.54 Å². The van der Waals surface area contributed by atoms with E-state index in [-0.39, 0.29) is 5.91 Å². The molecule has 0 aliphatic heterocycles. The molecule has 1 amide bonds. The second-order valence-corrected chi connectivity index (χ2v) is 5.80. The molecule has 1 aromatic heterocycles. The van der Waals surface area contributed by atoms with Crippen LogP contribution in [0.3, 0.4) is 0 Å². The molecular formula is C19H17ClN2O. The van der Waals surface area contributed by atoms with E-state index < -0.39 is 0 Å². The van der Waals surface area contributed by atoms with Gasteiger partial charge in [-0.3, -0.25) is 4.79 Å². The first-order valence-corrected chi connectivity index (χ1v) is 7.75. The van der Waals surface area contributed by atoms with Crippen LogP contribution in [0.15, 0.2) is 73.1 Å². The Morgan fingerprint density at radius 2 is 1.65 bits per heavy atom. The molecule has 0 unspecified atom stereocenters. The Balaban J connectivity index is 1.73. The quantitative estimate of drug-likeness (QED) is 0.698. The standard InChI is InChI=1S/C19H17ClN2O/c1-21(14-16-6-2-3-7-18(16)20)19(23)15-8-10-17(11-9-15)22-12-4-5-13-22/h2-13H,14H2,1H3. The van der Waals surface area contributed by atoms with E-state index in [9.17, 15) is 4.79 Å². The predicted octanol–water partition coefficient (Wildman–Crippen LogP) is 4.40. The summed E-state index contributed by atoms with van der Waals surface area (Å²) in [5.74, 6) is -0.0241.